The fraction of sp³-hybridized carbons (Fsp3) is 0.200. The smallest absolute Gasteiger partial charge is 0.178 e. The zero-order chi connectivity index (χ0) is 40.0. The first kappa shape index (κ1) is 36.9. The van der Waals surface area contributed by atoms with E-state index in [4.69, 9.17) is 14.2 Å². The topological polar surface area (TPSA) is 39.7 Å². The Labute approximate surface area is 347 Å². The fourth-order valence-corrected chi connectivity index (χ4v) is 10.2. The largest absolute Gasteiger partial charge is 0.497 e. The first-order chi connectivity index (χ1) is 29.0. The average Bonchev–Trinajstić information content (AvgIpc) is 3.58. The summed E-state index contributed by atoms with van der Waals surface area (Å²) in [7, 11) is 1.71. The van der Waals surface area contributed by atoms with Crippen LogP contribution in [-0.2, 0) is 21.2 Å². The predicted octanol–water partition coefficient (Wildman–Crippen LogP) is 12.6. The highest BCUT2D eigenvalue weighted by molar-refractivity contribution is 6.09. The number of ether oxygens (including phenoxy) is 3. The van der Waals surface area contributed by atoms with Crippen molar-refractivity contribution in [3.8, 4) is 22.6 Å². The van der Waals surface area contributed by atoms with Gasteiger partial charge in [-0.2, -0.15) is 0 Å². The minimum Gasteiger partial charge on any atom is -0.497 e. The van der Waals surface area contributed by atoms with Crippen molar-refractivity contribution in [2.45, 2.75) is 43.1 Å². The molecule has 4 heteroatoms. The second-order valence-corrected chi connectivity index (χ2v) is 16.2. The Kier molecular flexibility index (Phi) is 9.26. The molecule has 0 bridgehead atoms. The lowest BCUT2D eigenvalue weighted by molar-refractivity contribution is 0.158. The third-order valence-corrected chi connectivity index (χ3v) is 13.1. The van der Waals surface area contributed by atoms with Gasteiger partial charge in [0.05, 0.1) is 13.7 Å². The van der Waals surface area contributed by atoms with Gasteiger partial charge in [-0.25, -0.2) is 0 Å². The maximum atomic E-state index is 7.73. The van der Waals surface area contributed by atoms with E-state index in [-0.39, 0.29) is 10.8 Å². The monoisotopic (exact) mass is 771 g/mol. The van der Waals surface area contributed by atoms with Gasteiger partial charge in [-0.05, 0) is 102 Å². The zero-order valence-corrected chi connectivity index (χ0v) is 34.0. The van der Waals surface area contributed by atoms with Crippen molar-refractivity contribution in [1.82, 2.24) is 0 Å². The third-order valence-electron chi connectivity index (χ3n) is 13.1. The van der Waals surface area contributed by atoms with E-state index in [9.17, 15) is 0 Å². The van der Waals surface area contributed by atoms with Gasteiger partial charge in [-0.3, -0.25) is 0 Å². The summed E-state index contributed by atoms with van der Waals surface area (Å²) in [6.45, 7) is 6.31. The van der Waals surface area contributed by atoms with Crippen molar-refractivity contribution in [2.75, 3.05) is 32.2 Å². The molecule has 1 N–H and O–H groups in total. The van der Waals surface area contributed by atoms with Gasteiger partial charge in [0, 0.05) is 51.7 Å². The summed E-state index contributed by atoms with van der Waals surface area (Å²) >= 11 is 0. The minimum absolute atomic E-state index is 0.251. The van der Waals surface area contributed by atoms with Gasteiger partial charge in [-0.15, -0.1) is 0 Å². The molecule has 1 spiro atoms. The number of hydrogen-bond acceptors (Lipinski definition) is 4. The molecule has 59 heavy (non-hydrogen) atoms. The van der Waals surface area contributed by atoms with Gasteiger partial charge in [-0.1, -0.05) is 145 Å². The Morgan fingerprint density at radius 2 is 1.29 bits per heavy atom. The molecule has 292 valence electrons. The lowest BCUT2D eigenvalue weighted by atomic mass is 9.60. The van der Waals surface area contributed by atoms with Gasteiger partial charge in [0.2, 0.25) is 0 Å². The summed E-state index contributed by atoms with van der Waals surface area (Å²) in [5.74, 6) is 1.73. The van der Waals surface area contributed by atoms with Crippen LogP contribution in [0.1, 0.15) is 64.3 Å². The van der Waals surface area contributed by atoms with Crippen LogP contribution < -0.4 is 14.8 Å². The summed E-state index contributed by atoms with van der Waals surface area (Å²) < 4.78 is 18.9. The molecular formula is C55H49NO3. The van der Waals surface area contributed by atoms with Crippen LogP contribution in [0.3, 0.4) is 0 Å². The normalized spacial score (nSPS) is 19.5. The molecule has 2 atom stereocenters. The Morgan fingerprint density at radius 3 is 1.95 bits per heavy atom. The maximum absolute atomic E-state index is 7.73. The summed E-state index contributed by atoms with van der Waals surface area (Å²) in [5.41, 5.74) is 11.9. The summed E-state index contributed by atoms with van der Waals surface area (Å²) in [6, 6.07) is 55.1. The number of methoxy groups -OCH3 is 1. The number of allylic oxidation sites excluding steroid dienone is 2. The number of aryl methyl sites for hydroxylation is 1. The molecule has 2 unspecified atom stereocenters. The lowest BCUT2D eigenvalue weighted by Gasteiger charge is -2.43. The summed E-state index contributed by atoms with van der Waals surface area (Å²) in [5, 5.41) is 5.86. The fourth-order valence-electron chi connectivity index (χ4n) is 10.2. The maximum Gasteiger partial charge on any atom is 0.178 e. The molecule has 0 amide bonds. The SMILES string of the molecule is CCOCCNc1ccc(C2(c3ccc(OC)cc3)C=Cc3c4c(c5ccc(C)cc5c3O2)-c2ccccc2C42C=CC(c3ccccc3)(c3ccccc3)CC2)cc1. The molecule has 1 aliphatic heterocycles. The molecule has 0 saturated carbocycles. The van der Waals surface area contributed by atoms with E-state index in [2.05, 4.69) is 176 Å². The molecule has 4 nitrogen and oxygen atoms in total. The van der Waals surface area contributed by atoms with E-state index in [1.54, 1.807) is 7.11 Å². The Morgan fingerprint density at radius 1 is 0.644 bits per heavy atom. The highest BCUT2D eigenvalue weighted by Crippen LogP contribution is 2.62. The quantitative estimate of drug-likeness (QED) is 0.111. The molecule has 7 aromatic carbocycles. The van der Waals surface area contributed by atoms with Crippen LogP contribution in [0.5, 0.6) is 11.5 Å². The van der Waals surface area contributed by atoms with Gasteiger partial charge in [0.1, 0.15) is 11.5 Å². The van der Waals surface area contributed by atoms with E-state index in [1.165, 1.54) is 44.3 Å². The van der Waals surface area contributed by atoms with Crippen molar-refractivity contribution in [2.24, 2.45) is 0 Å². The van der Waals surface area contributed by atoms with Crippen molar-refractivity contribution >= 4 is 22.5 Å². The Hall–Kier alpha value is -6.36. The number of rotatable bonds is 10. The van der Waals surface area contributed by atoms with Crippen LogP contribution in [0.4, 0.5) is 5.69 Å². The number of fused-ring (bicyclic) bond motifs is 10. The first-order valence-corrected chi connectivity index (χ1v) is 21.0. The van der Waals surface area contributed by atoms with Crippen LogP contribution >= 0.6 is 0 Å². The Bertz CT molecular complexity index is 2680. The second kappa shape index (κ2) is 14.8. The summed E-state index contributed by atoms with van der Waals surface area (Å²) in [4.78, 5) is 0. The minimum atomic E-state index is -0.898. The van der Waals surface area contributed by atoms with Crippen LogP contribution in [0.2, 0.25) is 0 Å². The number of hydrogen-bond donors (Lipinski definition) is 1. The molecule has 0 aromatic heterocycles. The highest BCUT2D eigenvalue weighted by Gasteiger charge is 2.50. The molecule has 0 fully saturated rings. The van der Waals surface area contributed by atoms with Crippen LogP contribution in [-0.4, -0.2) is 26.9 Å². The van der Waals surface area contributed by atoms with Crippen molar-refractivity contribution < 1.29 is 14.2 Å². The highest BCUT2D eigenvalue weighted by atomic mass is 16.5. The molecule has 10 rings (SSSR count). The zero-order valence-electron chi connectivity index (χ0n) is 34.0. The molecule has 7 aromatic rings. The second-order valence-electron chi connectivity index (χ2n) is 16.2. The Balaban J connectivity index is 1.19. The molecule has 3 aliphatic rings. The molecule has 0 saturated heterocycles. The van der Waals surface area contributed by atoms with Gasteiger partial charge >= 0.3 is 0 Å². The van der Waals surface area contributed by atoms with E-state index in [1.807, 2.05) is 19.1 Å². The van der Waals surface area contributed by atoms with Crippen LogP contribution in [0, 0.1) is 6.92 Å². The third kappa shape index (κ3) is 5.92. The summed E-state index contributed by atoms with van der Waals surface area (Å²) in [6.07, 6.45) is 11.6. The van der Waals surface area contributed by atoms with Crippen LogP contribution in [0.25, 0.3) is 28.0 Å². The first-order valence-electron chi connectivity index (χ1n) is 21.0. The van der Waals surface area contributed by atoms with Crippen molar-refractivity contribution in [3.63, 3.8) is 0 Å². The molecular weight excluding hydrogens is 723 g/mol. The van der Waals surface area contributed by atoms with E-state index in [0.717, 1.165) is 58.6 Å². The standard InChI is InChI=1S/C55H49NO3/c1-4-58-36-35-56-43-24-20-41(21-25-43)55(42-22-26-44(57-3)27-23-42)30-29-47-51-50(45-28-19-38(2)37-48(45)52(47)59-55)46-17-11-12-18-49(46)54(51)33-31-53(32-34-54,39-13-7-5-8-14-39)40-15-9-6-10-16-40/h5-31,33,37,56H,4,32,34-36H2,1-3H3. The van der Waals surface area contributed by atoms with Gasteiger partial charge in [0.15, 0.2) is 5.60 Å². The van der Waals surface area contributed by atoms with E-state index in [0.29, 0.717) is 13.2 Å². The van der Waals surface area contributed by atoms with Crippen LogP contribution in [0.15, 0.2) is 170 Å². The van der Waals surface area contributed by atoms with Crippen molar-refractivity contribution in [3.05, 3.63) is 214 Å². The van der Waals surface area contributed by atoms with Crippen molar-refractivity contribution in [1.29, 1.82) is 0 Å². The van der Waals surface area contributed by atoms with Gasteiger partial charge < -0.3 is 19.5 Å². The number of benzene rings is 7. The molecule has 0 radical (unpaired) electrons. The number of nitrogens with one attached hydrogen (secondary N) is 1. The molecule has 2 aliphatic carbocycles. The lowest BCUT2D eigenvalue weighted by Crippen LogP contribution is -2.37. The van der Waals surface area contributed by atoms with E-state index >= 15 is 0 Å². The average molecular weight is 772 g/mol. The van der Waals surface area contributed by atoms with E-state index < -0.39 is 5.60 Å². The molecule has 1 heterocycles. The number of anilines is 1. The van der Waals surface area contributed by atoms with Gasteiger partial charge in [0.25, 0.3) is 0 Å². The predicted molar refractivity (Wildman–Crippen MR) is 242 cm³/mol.